The zero-order valence-corrected chi connectivity index (χ0v) is 36.4. The Labute approximate surface area is 369 Å². The molecule has 4 aromatic rings. The highest BCUT2D eigenvalue weighted by Gasteiger charge is 2.72. The molecule has 0 bridgehead atoms. The molecule has 62 heavy (non-hydrogen) atoms. The summed E-state index contributed by atoms with van der Waals surface area (Å²) in [6, 6.07) is 14.4. The average molecular weight is 888 g/mol. The molecule has 5 heterocycles. The predicted octanol–water partition coefficient (Wildman–Crippen LogP) is 5.17. The van der Waals surface area contributed by atoms with Crippen molar-refractivity contribution < 1.29 is 23.6 Å². The quantitative estimate of drug-likeness (QED) is 0.119. The number of imide groups is 1. The first-order valence-corrected chi connectivity index (χ1v) is 22.8. The Kier molecular flexibility index (Phi) is 11.8. The first-order chi connectivity index (χ1) is 29.9. The molecule has 4 amide bonds. The molecule has 4 N–H and O–H groups in total. The number of piperidine rings is 1. The molecule has 3 saturated heterocycles. The summed E-state index contributed by atoms with van der Waals surface area (Å²) in [5.74, 6) is -2.76. The molecule has 1 aliphatic carbocycles. The number of aryl methyl sites for hydroxylation is 2. The van der Waals surface area contributed by atoms with E-state index in [1.165, 1.54) is 10.6 Å². The van der Waals surface area contributed by atoms with Gasteiger partial charge < -0.3 is 20.4 Å². The zero-order valence-electron chi connectivity index (χ0n) is 34.9. The molecule has 4 aliphatic heterocycles. The summed E-state index contributed by atoms with van der Waals surface area (Å²) in [4.78, 5) is 71.6. The third kappa shape index (κ3) is 7.25. The van der Waals surface area contributed by atoms with Gasteiger partial charge in [-0.15, -0.1) is 0 Å². The monoisotopic (exact) mass is 886 g/mol. The number of benzene rings is 3. The smallest absolute Gasteiger partial charge is 0.329 e. The van der Waals surface area contributed by atoms with Gasteiger partial charge >= 0.3 is 5.69 Å². The Morgan fingerprint density at radius 1 is 0.903 bits per heavy atom. The van der Waals surface area contributed by atoms with Crippen LogP contribution in [0.1, 0.15) is 86.4 Å². The van der Waals surface area contributed by atoms with Crippen molar-refractivity contribution in [3.63, 3.8) is 0 Å². The van der Waals surface area contributed by atoms with E-state index < -0.39 is 40.7 Å². The molecular weight excluding hydrogens is 834 g/mol. The first kappa shape index (κ1) is 42.7. The third-order valence-corrected chi connectivity index (χ3v) is 14.9. The predicted molar refractivity (Wildman–Crippen MR) is 236 cm³/mol. The van der Waals surface area contributed by atoms with Crippen molar-refractivity contribution in [2.45, 2.75) is 93.2 Å². The van der Waals surface area contributed by atoms with E-state index in [2.05, 4.69) is 31.1 Å². The van der Waals surface area contributed by atoms with E-state index in [4.69, 9.17) is 23.2 Å². The van der Waals surface area contributed by atoms with Crippen LogP contribution in [0.4, 0.5) is 10.1 Å². The van der Waals surface area contributed by atoms with Gasteiger partial charge in [-0.3, -0.25) is 38.9 Å². The molecule has 4 atom stereocenters. The highest BCUT2D eigenvalue weighted by atomic mass is 35.5. The molecule has 3 aromatic carbocycles. The molecule has 1 unspecified atom stereocenters. The summed E-state index contributed by atoms with van der Waals surface area (Å²) in [6.07, 6.45) is 7.00. The molecule has 1 saturated carbocycles. The van der Waals surface area contributed by atoms with E-state index in [9.17, 15) is 24.0 Å². The van der Waals surface area contributed by atoms with Crippen molar-refractivity contribution in [1.29, 1.82) is 0 Å². The van der Waals surface area contributed by atoms with Crippen LogP contribution in [0.2, 0.25) is 10.0 Å². The molecule has 9 rings (SSSR count). The van der Waals surface area contributed by atoms with Crippen LogP contribution in [0.15, 0.2) is 59.4 Å². The molecular formula is C46H53Cl2FN8O5. The van der Waals surface area contributed by atoms with Gasteiger partial charge in [0.2, 0.25) is 23.6 Å². The van der Waals surface area contributed by atoms with Gasteiger partial charge in [-0.1, -0.05) is 72.8 Å². The lowest BCUT2D eigenvalue weighted by Crippen LogP contribution is -2.60. The summed E-state index contributed by atoms with van der Waals surface area (Å²) in [7, 11) is 1.74. The number of para-hydroxylation sites is 1. The van der Waals surface area contributed by atoms with Gasteiger partial charge in [0.25, 0.3) is 0 Å². The number of nitrogens with one attached hydrogen (secondary N) is 4. The number of aromatic nitrogens is 2. The number of carbonyl (C=O) groups is 4. The lowest BCUT2D eigenvalue weighted by Gasteiger charge is -2.47. The van der Waals surface area contributed by atoms with Gasteiger partial charge in [-0.05, 0) is 92.6 Å². The molecule has 328 valence electrons. The average Bonchev–Trinajstić information content (AvgIpc) is 3.82. The number of imidazole rings is 1. The Bertz CT molecular complexity index is 2490. The minimum atomic E-state index is -1.27. The number of anilines is 1. The summed E-state index contributed by atoms with van der Waals surface area (Å²) in [5, 5.41) is 12.7. The van der Waals surface area contributed by atoms with E-state index in [0.717, 1.165) is 94.4 Å². The normalized spacial score (nSPS) is 25.1. The van der Waals surface area contributed by atoms with Crippen molar-refractivity contribution in [3.05, 3.63) is 97.6 Å². The number of hydrogen-bond acceptors (Lipinski definition) is 8. The lowest BCUT2D eigenvalue weighted by atomic mass is 9.55. The molecule has 4 fully saturated rings. The minimum Gasteiger partial charge on any atom is -0.355 e. The molecule has 13 nitrogen and oxygen atoms in total. The number of fused-ring (bicyclic) bond motifs is 4. The Morgan fingerprint density at radius 3 is 2.37 bits per heavy atom. The summed E-state index contributed by atoms with van der Waals surface area (Å²) in [6.45, 7) is 5.77. The van der Waals surface area contributed by atoms with Gasteiger partial charge in [0, 0.05) is 68.4 Å². The van der Waals surface area contributed by atoms with Crippen LogP contribution in [0.5, 0.6) is 0 Å². The van der Waals surface area contributed by atoms with Crippen LogP contribution in [-0.2, 0) is 38.1 Å². The molecule has 0 radical (unpaired) electrons. The number of rotatable bonds is 11. The summed E-state index contributed by atoms with van der Waals surface area (Å²) >= 11 is 12.8. The maximum atomic E-state index is 16.2. The van der Waals surface area contributed by atoms with Crippen LogP contribution < -0.4 is 27.0 Å². The number of nitrogens with zero attached hydrogens (tertiary/aromatic N) is 4. The molecule has 2 spiro atoms. The Hall–Kier alpha value is -4.60. The van der Waals surface area contributed by atoms with E-state index in [0.29, 0.717) is 42.0 Å². The number of amides is 4. The molecule has 5 aliphatic rings. The number of halogens is 3. The SMILES string of the molecule is Cn1c(=O)n(C2CCC(=O)NC2=O)c2cccc(CCCN3CCN(CCCNC(=O)[C@@H]4NC5(CCCCC5)[C@@]5(C(=O)Nc6cc(Cl)ccc65)[C@H]4c4cccc(Cl)c4F)CC3)c21. The third-order valence-electron chi connectivity index (χ3n) is 14.3. The van der Waals surface area contributed by atoms with Crippen LogP contribution in [-0.4, -0.2) is 100.0 Å². The number of hydrogen-bond donors (Lipinski definition) is 4. The fourth-order valence-corrected chi connectivity index (χ4v) is 11.9. The fraction of sp³-hybridized carbons (Fsp3) is 0.500. The number of piperazine rings is 1. The topological polar surface area (TPSA) is 150 Å². The van der Waals surface area contributed by atoms with Crippen molar-refractivity contribution >= 4 is 63.6 Å². The van der Waals surface area contributed by atoms with E-state index in [1.807, 2.05) is 24.3 Å². The van der Waals surface area contributed by atoms with E-state index in [-0.39, 0.29) is 40.4 Å². The van der Waals surface area contributed by atoms with Crippen LogP contribution in [0, 0.1) is 5.82 Å². The van der Waals surface area contributed by atoms with Gasteiger partial charge in [-0.25, -0.2) is 9.18 Å². The highest BCUT2D eigenvalue weighted by molar-refractivity contribution is 6.31. The lowest BCUT2D eigenvalue weighted by molar-refractivity contribution is -0.135. The molecule has 1 aromatic heterocycles. The first-order valence-electron chi connectivity index (χ1n) is 22.0. The minimum absolute atomic E-state index is 0.0544. The second-order valence-corrected chi connectivity index (χ2v) is 18.6. The zero-order chi connectivity index (χ0) is 43.3. The van der Waals surface area contributed by atoms with Gasteiger partial charge in [0.1, 0.15) is 17.3 Å². The van der Waals surface area contributed by atoms with Crippen LogP contribution in [0.25, 0.3) is 11.0 Å². The van der Waals surface area contributed by atoms with E-state index >= 15 is 4.39 Å². The second kappa shape index (κ2) is 17.2. The van der Waals surface area contributed by atoms with Gasteiger partial charge in [0.15, 0.2) is 0 Å². The largest absolute Gasteiger partial charge is 0.355 e. The number of carbonyl (C=O) groups excluding carboxylic acids is 4. The van der Waals surface area contributed by atoms with Crippen LogP contribution >= 0.6 is 23.2 Å². The van der Waals surface area contributed by atoms with Crippen molar-refractivity contribution in [3.8, 4) is 0 Å². The van der Waals surface area contributed by atoms with E-state index in [1.54, 1.807) is 35.9 Å². The highest BCUT2D eigenvalue weighted by Crippen LogP contribution is 2.62. The standard InChI is InChI=1S/C46H53Cl2FN8O5/c1-54-40-28(9-5-13-34(40)57(44(54)62)35-16-17-36(58)52-41(35)59)10-7-21-55-23-25-56(26-24-55)22-8-20-50-42(60)39-37(30-11-6-12-32(48)38(30)49)46(45(53-39)18-3-2-4-19-45)31-15-14-29(47)27-33(31)51-43(46)61/h5-6,9,11-15,27,35,37,39,53H,2-4,7-8,10,16-26H2,1H3,(H,50,60)(H,51,61)(H,52,58,59)/t35?,37-,39+,46+/m0/s1. The fourth-order valence-electron chi connectivity index (χ4n) is 11.5. The van der Waals surface area contributed by atoms with Crippen molar-refractivity contribution in [2.75, 3.05) is 51.1 Å². The molecule has 16 heteroatoms. The van der Waals surface area contributed by atoms with Gasteiger partial charge in [-0.2, -0.15) is 0 Å². The maximum Gasteiger partial charge on any atom is 0.329 e. The summed E-state index contributed by atoms with van der Waals surface area (Å²) < 4.78 is 19.4. The summed E-state index contributed by atoms with van der Waals surface area (Å²) in [5.41, 5.74) is 1.83. The van der Waals surface area contributed by atoms with Crippen molar-refractivity contribution in [2.24, 2.45) is 7.05 Å². The Morgan fingerprint density at radius 2 is 1.63 bits per heavy atom. The van der Waals surface area contributed by atoms with Crippen LogP contribution in [0.3, 0.4) is 0 Å². The maximum absolute atomic E-state index is 16.2. The van der Waals surface area contributed by atoms with Crippen molar-refractivity contribution in [1.82, 2.24) is 34.9 Å². The van der Waals surface area contributed by atoms with Gasteiger partial charge in [0.05, 0.1) is 22.1 Å². The Balaban J connectivity index is 0.816. The second-order valence-electron chi connectivity index (χ2n) is 17.7.